The molecular formula is C10H18O4S. The van der Waals surface area contributed by atoms with E-state index < -0.39 is 15.1 Å². The van der Waals surface area contributed by atoms with Crippen LogP contribution in [0.4, 0.5) is 0 Å². The summed E-state index contributed by atoms with van der Waals surface area (Å²) in [5, 5.41) is 9.81. The molecule has 2 aliphatic carbocycles. The Morgan fingerprint density at radius 1 is 0.867 bits per heavy atom. The van der Waals surface area contributed by atoms with Crippen LogP contribution in [0.5, 0.6) is 0 Å². The molecule has 0 atom stereocenters. The van der Waals surface area contributed by atoms with Crippen LogP contribution in [0, 0.1) is 5.41 Å². The fourth-order valence-corrected chi connectivity index (χ4v) is 3.77. The molecule has 2 fully saturated rings. The molecule has 1 spiro atoms. The van der Waals surface area contributed by atoms with Gasteiger partial charge in [0.1, 0.15) is 0 Å². The molecule has 0 unspecified atom stereocenters. The van der Waals surface area contributed by atoms with Gasteiger partial charge in [-0.05, 0) is 43.9 Å². The van der Waals surface area contributed by atoms with E-state index in [1.807, 2.05) is 0 Å². The van der Waals surface area contributed by atoms with Crippen LogP contribution in [0.2, 0.25) is 0 Å². The molecule has 15 heavy (non-hydrogen) atoms. The summed E-state index contributed by atoms with van der Waals surface area (Å²) in [7, 11) is -4.32. The van der Waals surface area contributed by atoms with Gasteiger partial charge in [0, 0.05) is 0 Å². The highest BCUT2D eigenvalue weighted by molar-refractivity contribution is 7.87. The zero-order valence-electron chi connectivity index (χ0n) is 8.78. The quantitative estimate of drug-likeness (QED) is 0.677. The Balaban J connectivity index is 2.09. The van der Waals surface area contributed by atoms with Gasteiger partial charge in [-0.1, -0.05) is 12.8 Å². The average molecular weight is 234 g/mol. The zero-order chi connectivity index (χ0) is 11.2. The Morgan fingerprint density at radius 2 is 1.33 bits per heavy atom. The van der Waals surface area contributed by atoms with E-state index in [2.05, 4.69) is 0 Å². The van der Waals surface area contributed by atoms with Crippen molar-refractivity contribution in [2.24, 2.45) is 5.41 Å². The SMILES string of the molecule is O=S(=O)(O)C1(O)CCC2(CCCC2)CC1. The third-order valence-electron chi connectivity index (χ3n) is 4.24. The van der Waals surface area contributed by atoms with Gasteiger partial charge in [-0.15, -0.1) is 0 Å². The molecule has 2 saturated carbocycles. The summed E-state index contributed by atoms with van der Waals surface area (Å²) in [6, 6.07) is 0. The molecule has 2 rings (SSSR count). The minimum atomic E-state index is -4.32. The van der Waals surface area contributed by atoms with Crippen LogP contribution in [0.25, 0.3) is 0 Å². The first kappa shape index (κ1) is 11.4. The minimum absolute atomic E-state index is 0.186. The van der Waals surface area contributed by atoms with E-state index in [0.29, 0.717) is 0 Å². The van der Waals surface area contributed by atoms with E-state index in [9.17, 15) is 13.5 Å². The monoisotopic (exact) mass is 234 g/mol. The van der Waals surface area contributed by atoms with Crippen LogP contribution < -0.4 is 0 Å². The molecule has 0 radical (unpaired) electrons. The minimum Gasteiger partial charge on any atom is -0.372 e. The number of rotatable bonds is 1. The number of aliphatic hydroxyl groups is 1. The van der Waals surface area contributed by atoms with E-state index in [0.717, 1.165) is 25.7 Å². The van der Waals surface area contributed by atoms with Gasteiger partial charge in [-0.25, -0.2) is 0 Å². The number of hydrogen-bond acceptors (Lipinski definition) is 3. The molecule has 88 valence electrons. The molecule has 2 aliphatic rings. The van der Waals surface area contributed by atoms with E-state index >= 15 is 0 Å². The molecule has 5 heteroatoms. The van der Waals surface area contributed by atoms with Crippen molar-refractivity contribution in [2.45, 2.75) is 56.3 Å². The van der Waals surface area contributed by atoms with Crippen LogP contribution >= 0.6 is 0 Å². The Kier molecular flexibility index (Phi) is 2.60. The maximum Gasteiger partial charge on any atom is 0.294 e. The lowest BCUT2D eigenvalue weighted by Gasteiger charge is -2.40. The standard InChI is InChI=1S/C10H18O4S/c11-10(15(12,13)14)7-5-9(6-8-10)3-1-2-4-9/h11H,1-8H2,(H,12,13,14). The third-order valence-corrected chi connectivity index (χ3v) is 5.60. The average Bonchev–Trinajstić information content (AvgIpc) is 2.58. The highest BCUT2D eigenvalue weighted by Crippen LogP contribution is 2.52. The van der Waals surface area contributed by atoms with Crippen LogP contribution in [0.1, 0.15) is 51.4 Å². The topological polar surface area (TPSA) is 74.6 Å². The van der Waals surface area contributed by atoms with Gasteiger partial charge in [0.05, 0.1) is 0 Å². The van der Waals surface area contributed by atoms with Gasteiger partial charge in [0.2, 0.25) is 0 Å². The number of hydrogen-bond donors (Lipinski definition) is 2. The molecule has 0 saturated heterocycles. The van der Waals surface area contributed by atoms with Gasteiger partial charge in [-0.2, -0.15) is 8.42 Å². The highest BCUT2D eigenvalue weighted by Gasteiger charge is 2.49. The summed E-state index contributed by atoms with van der Waals surface area (Å²) in [4.78, 5) is -1.87. The first-order chi connectivity index (χ1) is 6.87. The van der Waals surface area contributed by atoms with Crippen LogP contribution in [-0.2, 0) is 10.1 Å². The predicted molar refractivity (Wildman–Crippen MR) is 55.9 cm³/mol. The van der Waals surface area contributed by atoms with Crippen molar-refractivity contribution in [3.63, 3.8) is 0 Å². The first-order valence-electron chi connectivity index (χ1n) is 5.56. The van der Waals surface area contributed by atoms with Gasteiger partial charge in [0.15, 0.2) is 4.93 Å². The Bertz CT molecular complexity index is 330. The van der Waals surface area contributed by atoms with Crippen molar-refractivity contribution < 1.29 is 18.1 Å². The molecule has 0 bridgehead atoms. The second-order valence-corrected chi connectivity index (χ2v) is 6.84. The van der Waals surface area contributed by atoms with Crippen molar-refractivity contribution in [1.29, 1.82) is 0 Å². The molecule has 2 N–H and O–H groups in total. The summed E-state index contributed by atoms with van der Waals surface area (Å²) in [6.45, 7) is 0. The van der Waals surface area contributed by atoms with Gasteiger partial charge in [-0.3, -0.25) is 4.55 Å². The molecule has 0 aromatic heterocycles. The smallest absolute Gasteiger partial charge is 0.294 e. The lowest BCUT2D eigenvalue weighted by Crippen LogP contribution is -2.44. The molecule has 0 aliphatic heterocycles. The first-order valence-corrected chi connectivity index (χ1v) is 7.01. The lowest BCUT2D eigenvalue weighted by atomic mass is 9.72. The van der Waals surface area contributed by atoms with Crippen LogP contribution in [0.15, 0.2) is 0 Å². The summed E-state index contributed by atoms with van der Waals surface area (Å²) in [5.41, 5.74) is 0.261. The van der Waals surface area contributed by atoms with Gasteiger partial charge < -0.3 is 5.11 Å². The lowest BCUT2D eigenvalue weighted by molar-refractivity contribution is 0.0249. The normalized spacial score (nSPS) is 29.5. The largest absolute Gasteiger partial charge is 0.372 e. The Labute approximate surface area is 90.4 Å². The Hall–Kier alpha value is -0.130. The van der Waals surface area contributed by atoms with E-state index in [1.165, 1.54) is 12.8 Å². The molecule has 4 nitrogen and oxygen atoms in total. The van der Waals surface area contributed by atoms with Crippen LogP contribution in [-0.4, -0.2) is 23.0 Å². The summed E-state index contributed by atoms with van der Waals surface area (Å²) in [5.74, 6) is 0. The molecule has 0 aromatic rings. The summed E-state index contributed by atoms with van der Waals surface area (Å²) >= 11 is 0. The molecular weight excluding hydrogens is 216 g/mol. The maximum absolute atomic E-state index is 11.0. The van der Waals surface area contributed by atoms with Crippen molar-refractivity contribution in [3.8, 4) is 0 Å². The van der Waals surface area contributed by atoms with E-state index in [4.69, 9.17) is 4.55 Å². The predicted octanol–water partition coefficient (Wildman–Crippen LogP) is 1.70. The second-order valence-electron chi connectivity index (χ2n) is 5.13. The fourth-order valence-electron chi connectivity index (χ4n) is 3.05. The summed E-state index contributed by atoms with van der Waals surface area (Å²) < 4.78 is 31.0. The Morgan fingerprint density at radius 3 is 1.73 bits per heavy atom. The third kappa shape index (κ3) is 1.92. The van der Waals surface area contributed by atoms with Gasteiger partial charge >= 0.3 is 0 Å². The van der Waals surface area contributed by atoms with Crippen LogP contribution in [0.3, 0.4) is 0 Å². The maximum atomic E-state index is 11.0. The fraction of sp³-hybridized carbons (Fsp3) is 1.00. The molecule has 0 heterocycles. The second kappa shape index (κ2) is 3.43. The van der Waals surface area contributed by atoms with Crippen molar-refractivity contribution in [2.75, 3.05) is 0 Å². The van der Waals surface area contributed by atoms with Gasteiger partial charge in [0.25, 0.3) is 10.1 Å². The summed E-state index contributed by atoms with van der Waals surface area (Å²) in [6.07, 6.45) is 6.54. The van der Waals surface area contributed by atoms with E-state index in [-0.39, 0.29) is 18.3 Å². The highest BCUT2D eigenvalue weighted by atomic mass is 32.2. The van der Waals surface area contributed by atoms with Crippen molar-refractivity contribution in [1.82, 2.24) is 0 Å². The molecule has 0 aromatic carbocycles. The van der Waals surface area contributed by atoms with E-state index in [1.54, 1.807) is 0 Å². The van der Waals surface area contributed by atoms with Crippen molar-refractivity contribution in [3.05, 3.63) is 0 Å². The molecule has 0 amide bonds. The zero-order valence-corrected chi connectivity index (χ0v) is 9.59. The van der Waals surface area contributed by atoms with Crippen molar-refractivity contribution >= 4 is 10.1 Å².